The van der Waals surface area contributed by atoms with Crippen molar-refractivity contribution in [2.45, 2.75) is 38.5 Å². The highest BCUT2D eigenvalue weighted by molar-refractivity contribution is 6.39. The molecule has 1 unspecified atom stereocenters. The molecule has 0 radical (unpaired) electrons. The van der Waals surface area contributed by atoms with Crippen LogP contribution in [-0.2, 0) is 14.4 Å². The summed E-state index contributed by atoms with van der Waals surface area (Å²) in [5.41, 5.74) is 0.427. The Morgan fingerprint density at radius 2 is 2.14 bits per heavy atom. The molecule has 7 nitrogen and oxygen atoms in total. The van der Waals surface area contributed by atoms with E-state index in [1.165, 1.54) is 5.01 Å². The van der Waals surface area contributed by atoms with E-state index >= 15 is 0 Å². The molecule has 0 aromatic rings. The number of hydrogen-bond donors (Lipinski definition) is 1. The molecule has 2 aliphatic rings. The normalized spacial score (nSPS) is 23.0. The molecule has 2 rings (SSSR count). The molecule has 1 atom stereocenters. The zero-order chi connectivity index (χ0) is 15.4. The molecule has 1 fully saturated rings. The van der Waals surface area contributed by atoms with Crippen molar-refractivity contribution >= 4 is 23.5 Å². The molecule has 21 heavy (non-hydrogen) atoms. The van der Waals surface area contributed by atoms with Crippen molar-refractivity contribution in [3.05, 3.63) is 0 Å². The maximum absolute atomic E-state index is 12.4. The lowest BCUT2D eigenvalue weighted by molar-refractivity contribution is -0.137. The Morgan fingerprint density at radius 1 is 1.38 bits per heavy atom. The van der Waals surface area contributed by atoms with Gasteiger partial charge in [-0.15, -0.1) is 0 Å². The second kappa shape index (κ2) is 6.69. The third kappa shape index (κ3) is 4.03. The number of aliphatic carboxylic acids is 1. The predicted molar refractivity (Wildman–Crippen MR) is 75.6 cm³/mol. The molecule has 2 amide bonds. The number of hydrogen-bond acceptors (Lipinski definition) is 4. The van der Waals surface area contributed by atoms with Crippen molar-refractivity contribution in [3.8, 4) is 0 Å². The number of rotatable bonds is 4. The Hall–Kier alpha value is -1.92. The van der Waals surface area contributed by atoms with Gasteiger partial charge >= 0.3 is 5.97 Å². The Balaban J connectivity index is 1.94. The summed E-state index contributed by atoms with van der Waals surface area (Å²) in [5.74, 6) is -0.753. The number of carboxylic acids is 1. The molecule has 1 N–H and O–H groups in total. The van der Waals surface area contributed by atoms with Crippen LogP contribution in [-0.4, -0.2) is 58.6 Å². The second-order valence-electron chi connectivity index (χ2n) is 5.66. The van der Waals surface area contributed by atoms with Crippen LogP contribution < -0.4 is 0 Å². The van der Waals surface area contributed by atoms with Crippen LogP contribution in [0.3, 0.4) is 0 Å². The summed E-state index contributed by atoms with van der Waals surface area (Å²) in [6.07, 6.45) is 3.30. The molecule has 7 heteroatoms. The molecular weight excluding hydrogens is 274 g/mol. The lowest BCUT2D eigenvalue weighted by atomic mass is 9.93. The standard InChI is InChI=1S/C14H21N3O4/c1-16-12(18)6-5-11(15-16)14(21)17-8-2-3-10(9-17)4-7-13(19)20/h10H,2-9H2,1H3,(H,19,20). The third-order valence-electron chi connectivity index (χ3n) is 4.03. The van der Waals surface area contributed by atoms with Gasteiger partial charge in [0.2, 0.25) is 5.91 Å². The van der Waals surface area contributed by atoms with Crippen molar-refractivity contribution in [1.82, 2.24) is 9.91 Å². The molecule has 2 aliphatic heterocycles. The second-order valence-corrected chi connectivity index (χ2v) is 5.66. The lowest BCUT2D eigenvalue weighted by Crippen LogP contribution is -2.45. The zero-order valence-corrected chi connectivity index (χ0v) is 12.2. The van der Waals surface area contributed by atoms with Crippen LogP contribution >= 0.6 is 0 Å². The zero-order valence-electron chi connectivity index (χ0n) is 12.2. The van der Waals surface area contributed by atoms with Crippen LogP contribution in [0.15, 0.2) is 5.10 Å². The van der Waals surface area contributed by atoms with E-state index < -0.39 is 5.97 Å². The number of nitrogens with zero attached hydrogens (tertiary/aromatic N) is 3. The van der Waals surface area contributed by atoms with Gasteiger partial charge in [0.15, 0.2) is 0 Å². The molecule has 0 aliphatic carbocycles. The van der Waals surface area contributed by atoms with Crippen molar-refractivity contribution in [1.29, 1.82) is 0 Å². The average Bonchev–Trinajstić information content (AvgIpc) is 2.47. The minimum absolute atomic E-state index is 0.0791. The van der Waals surface area contributed by atoms with Crippen molar-refractivity contribution in [3.63, 3.8) is 0 Å². The number of carbonyl (C=O) groups excluding carboxylic acids is 2. The summed E-state index contributed by atoms with van der Waals surface area (Å²) < 4.78 is 0. The van der Waals surface area contributed by atoms with Crippen molar-refractivity contribution in [2.75, 3.05) is 20.1 Å². The fourth-order valence-electron chi connectivity index (χ4n) is 2.82. The van der Waals surface area contributed by atoms with E-state index in [-0.39, 0.29) is 24.2 Å². The van der Waals surface area contributed by atoms with Gasteiger partial charge in [0.25, 0.3) is 5.91 Å². The molecule has 1 saturated heterocycles. The van der Waals surface area contributed by atoms with E-state index in [0.29, 0.717) is 38.1 Å². The van der Waals surface area contributed by atoms with E-state index in [1.54, 1.807) is 11.9 Å². The summed E-state index contributed by atoms with van der Waals surface area (Å²) in [7, 11) is 1.56. The smallest absolute Gasteiger partial charge is 0.303 e. The molecule has 116 valence electrons. The van der Waals surface area contributed by atoms with Crippen LogP contribution in [0.4, 0.5) is 0 Å². The fourth-order valence-corrected chi connectivity index (χ4v) is 2.82. The van der Waals surface area contributed by atoms with Crippen LogP contribution in [0.2, 0.25) is 0 Å². The highest BCUT2D eigenvalue weighted by atomic mass is 16.4. The van der Waals surface area contributed by atoms with E-state index in [2.05, 4.69) is 5.10 Å². The molecule has 2 heterocycles. The maximum atomic E-state index is 12.4. The Kier molecular flexibility index (Phi) is 4.93. The van der Waals surface area contributed by atoms with E-state index in [0.717, 1.165) is 12.8 Å². The summed E-state index contributed by atoms with van der Waals surface area (Å²) in [4.78, 5) is 36.2. The fraction of sp³-hybridized carbons (Fsp3) is 0.714. The number of carboxylic acid groups (broad SMARTS) is 1. The molecule has 0 bridgehead atoms. The minimum atomic E-state index is -0.796. The first-order chi connectivity index (χ1) is 9.97. The maximum Gasteiger partial charge on any atom is 0.303 e. The average molecular weight is 295 g/mol. The van der Waals surface area contributed by atoms with E-state index in [1.807, 2.05) is 0 Å². The van der Waals surface area contributed by atoms with E-state index in [4.69, 9.17) is 5.11 Å². The molecule has 0 aromatic heterocycles. The summed E-state index contributed by atoms with van der Waals surface area (Å²) in [5, 5.41) is 14.0. The first-order valence-electron chi connectivity index (χ1n) is 7.32. The van der Waals surface area contributed by atoms with Crippen molar-refractivity contribution in [2.24, 2.45) is 11.0 Å². The highest BCUT2D eigenvalue weighted by Gasteiger charge is 2.29. The Morgan fingerprint density at radius 3 is 2.81 bits per heavy atom. The van der Waals surface area contributed by atoms with Gasteiger partial charge in [0.05, 0.1) is 0 Å². The van der Waals surface area contributed by atoms with Gasteiger partial charge in [-0.25, -0.2) is 5.01 Å². The Labute approximate surface area is 123 Å². The summed E-state index contributed by atoms with van der Waals surface area (Å²) in [6.45, 7) is 1.27. The number of piperidine rings is 1. The van der Waals surface area contributed by atoms with Gasteiger partial charge in [-0.2, -0.15) is 5.10 Å². The summed E-state index contributed by atoms with van der Waals surface area (Å²) >= 11 is 0. The van der Waals surface area contributed by atoms with Crippen LogP contribution in [0.25, 0.3) is 0 Å². The molecule has 0 aromatic carbocycles. The van der Waals surface area contributed by atoms with Crippen molar-refractivity contribution < 1.29 is 19.5 Å². The number of hydrazone groups is 1. The predicted octanol–water partition coefficient (Wildman–Crippen LogP) is 0.698. The van der Waals surface area contributed by atoms with Gasteiger partial charge in [0.1, 0.15) is 5.71 Å². The minimum Gasteiger partial charge on any atom is -0.481 e. The van der Waals surface area contributed by atoms with Gasteiger partial charge in [0, 0.05) is 39.4 Å². The SMILES string of the molecule is CN1N=C(C(=O)N2CCCC(CCC(=O)O)C2)CCC1=O. The first-order valence-corrected chi connectivity index (χ1v) is 7.32. The molecule has 0 spiro atoms. The largest absolute Gasteiger partial charge is 0.481 e. The monoisotopic (exact) mass is 295 g/mol. The topological polar surface area (TPSA) is 90.3 Å². The number of carbonyl (C=O) groups is 3. The number of amides is 2. The molecule has 0 saturated carbocycles. The van der Waals surface area contributed by atoms with Gasteiger partial charge in [-0.05, 0) is 25.2 Å². The first kappa shape index (κ1) is 15.5. The quantitative estimate of drug-likeness (QED) is 0.826. The number of likely N-dealkylation sites (tertiary alicyclic amines) is 1. The third-order valence-corrected chi connectivity index (χ3v) is 4.03. The van der Waals surface area contributed by atoms with Crippen LogP contribution in [0, 0.1) is 5.92 Å². The van der Waals surface area contributed by atoms with Gasteiger partial charge in [-0.1, -0.05) is 0 Å². The Bertz CT molecular complexity index is 475. The van der Waals surface area contributed by atoms with Crippen LogP contribution in [0.1, 0.15) is 38.5 Å². The highest BCUT2D eigenvalue weighted by Crippen LogP contribution is 2.22. The van der Waals surface area contributed by atoms with Gasteiger partial charge < -0.3 is 10.0 Å². The summed E-state index contributed by atoms with van der Waals surface area (Å²) in [6, 6.07) is 0. The van der Waals surface area contributed by atoms with E-state index in [9.17, 15) is 14.4 Å². The van der Waals surface area contributed by atoms with Crippen LogP contribution in [0.5, 0.6) is 0 Å². The van der Waals surface area contributed by atoms with Gasteiger partial charge in [-0.3, -0.25) is 14.4 Å². The lowest BCUT2D eigenvalue weighted by Gasteiger charge is -2.33. The molecular formula is C14H21N3O4.